The largest absolute Gasteiger partial charge is 0.444 e. The monoisotopic (exact) mass is 348 g/mol. The van der Waals surface area contributed by atoms with Crippen LogP contribution in [0.2, 0.25) is 0 Å². The number of nitrogens with zero attached hydrogens (tertiary/aromatic N) is 2. The van der Waals surface area contributed by atoms with Crippen LogP contribution in [-0.2, 0) is 4.74 Å². The molecule has 1 saturated carbocycles. The Kier molecular flexibility index (Phi) is 4.71. The third-order valence-electron chi connectivity index (χ3n) is 4.46. The van der Waals surface area contributed by atoms with Crippen molar-refractivity contribution in [2.24, 2.45) is 5.92 Å². The Morgan fingerprint density at radius 3 is 2.32 bits per heavy atom. The topological polar surface area (TPSA) is 49.9 Å². The molecule has 1 aliphatic heterocycles. The maximum absolute atomic E-state index is 14.8. The molecule has 6 heteroatoms. The molecular formula is C19H25FN2O3. The molecule has 0 spiro atoms. The van der Waals surface area contributed by atoms with E-state index in [0.717, 1.165) is 12.8 Å². The number of hydrogen-bond donors (Lipinski definition) is 0. The number of amides is 1. The molecule has 25 heavy (non-hydrogen) atoms. The summed E-state index contributed by atoms with van der Waals surface area (Å²) in [6.07, 6.45) is 1.37. The van der Waals surface area contributed by atoms with E-state index in [1.807, 2.05) is 25.7 Å². The van der Waals surface area contributed by atoms with Gasteiger partial charge in [-0.15, -0.1) is 0 Å². The minimum atomic E-state index is -0.530. The van der Waals surface area contributed by atoms with Crippen molar-refractivity contribution in [1.29, 1.82) is 0 Å². The number of anilines is 1. The highest BCUT2D eigenvalue weighted by Gasteiger charge is 2.33. The van der Waals surface area contributed by atoms with Crippen molar-refractivity contribution >= 4 is 17.6 Å². The SMILES string of the molecule is CC(C)(C)OC(=O)N1CCN(c2cccc(C(=O)C3CC3)c2F)CC1. The molecule has 0 N–H and O–H groups in total. The van der Waals surface area contributed by atoms with Crippen LogP contribution in [0, 0.1) is 11.7 Å². The Morgan fingerprint density at radius 2 is 1.76 bits per heavy atom. The van der Waals surface area contributed by atoms with Crippen LogP contribution in [0.15, 0.2) is 18.2 Å². The van der Waals surface area contributed by atoms with Crippen LogP contribution in [0.1, 0.15) is 44.0 Å². The van der Waals surface area contributed by atoms with Crippen molar-refractivity contribution in [3.8, 4) is 0 Å². The number of ketones is 1. The maximum atomic E-state index is 14.8. The molecule has 5 nitrogen and oxygen atoms in total. The Balaban J connectivity index is 1.66. The zero-order valence-corrected chi connectivity index (χ0v) is 15.0. The van der Waals surface area contributed by atoms with Crippen LogP contribution in [0.5, 0.6) is 0 Å². The van der Waals surface area contributed by atoms with Crippen molar-refractivity contribution in [3.05, 3.63) is 29.6 Å². The van der Waals surface area contributed by atoms with Gasteiger partial charge in [0, 0.05) is 32.1 Å². The lowest BCUT2D eigenvalue weighted by molar-refractivity contribution is 0.0240. The van der Waals surface area contributed by atoms with Crippen LogP contribution in [-0.4, -0.2) is 48.6 Å². The molecule has 0 bridgehead atoms. The van der Waals surface area contributed by atoms with E-state index in [1.165, 1.54) is 0 Å². The van der Waals surface area contributed by atoms with Crippen molar-refractivity contribution in [2.75, 3.05) is 31.1 Å². The van der Waals surface area contributed by atoms with E-state index in [4.69, 9.17) is 4.74 Å². The number of halogens is 1. The number of piperazine rings is 1. The summed E-state index contributed by atoms with van der Waals surface area (Å²) in [7, 11) is 0. The fourth-order valence-corrected chi connectivity index (χ4v) is 2.98. The van der Waals surface area contributed by atoms with Gasteiger partial charge in [0.2, 0.25) is 0 Å². The number of carbonyl (C=O) groups is 2. The molecule has 1 amide bonds. The van der Waals surface area contributed by atoms with Gasteiger partial charge in [0.15, 0.2) is 11.6 Å². The minimum absolute atomic E-state index is 0.00577. The van der Waals surface area contributed by atoms with Crippen LogP contribution in [0.25, 0.3) is 0 Å². The molecule has 1 aliphatic carbocycles. The Morgan fingerprint density at radius 1 is 1.12 bits per heavy atom. The van der Waals surface area contributed by atoms with Crippen molar-refractivity contribution < 1.29 is 18.7 Å². The van der Waals surface area contributed by atoms with E-state index >= 15 is 0 Å². The first-order valence-electron chi connectivity index (χ1n) is 8.82. The molecule has 1 saturated heterocycles. The standard InChI is InChI=1S/C19H25FN2O3/c1-19(2,3)25-18(24)22-11-9-21(10-12-22)15-6-4-5-14(16(15)20)17(23)13-7-8-13/h4-6,13H,7-12H2,1-3H3. The van der Waals surface area contributed by atoms with Crippen LogP contribution < -0.4 is 4.90 Å². The van der Waals surface area contributed by atoms with Gasteiger partial charge in [0.25, 0.3) is 0 Å². The highest BCUT2D eigenvalue weighted by molar-refractivity contribution is 6.00. The van der Waals surface area contributed by atoms with Gasteiger partial charge >= 0.3 is 6.09 Å². The predicted molar refractivity (Wildman–Crippen MR) is 93.5 cm³/mol. The number of Topliss-reactive ketones (excluding diaryl/α,β-unsaturated/α-hetero) is 1. The highest BCUT2D eigenvalue weighted by Crippen LogP contribution is 2.35. The predicted octanol–water partition coefficient (Wildman–Crippen LogP) is 3.48. The lowest BCUT2D eigenvalue weighted by atomic mass is 10.0. The van der Waals surface area contributed by atoms with Crippen molar-refractivity contribution in [1.82, 2.24) is 4.90 Å². The minimum Gasteiger partial charge on any atom is -0.444 e. The second-order valence-electron chi connectivity index (χ2n) is 7.73. The van der Waals surface area contributed by atoms with Crippen molar-refractivity contribution in [3.63, 3.8) is 0 Å². The molecule has 0 unspecified atom stereocenters. The number of ether oxygens (including phenoxy) is 1. The van der Waals surface area contributed by atoms with E-state index in [2.05, 4.69) is 0 Å². The fraction of sp³-hybridized carbons (Fsp3) is 0.579. The third kappa shape index (κ3) is 4.11. The van der Waals surface area contributed by atoms with Gasteiger partial charge in [0.05, 0.1) is 11.3 Å². The first kappa shape index (κ1) is 17.7. The lowest BCUT2D eigenvalue weighted by Gasteiger charge is -2.37. The zero-order chi connectivity index (χ0) is 18.2. The third-order valence-corrected chi connectivity index (χ3v) is 4.46. The van der Waals surface area contributed by atoms with Crippen molar-refractivity contribution in [2.45, 2.75) is 39.2 Å². The molecule has 1 aromatic carbocycles. The Hall–Kier alpha value is -2.11. The van der Waals surface area contributed by atoms with E-state index in [-0.39, 0.29) is 23.4 Å². The number of carbonyl (C=O) groups excluding carboxylic acids is 2. The lowest BCUT2D eigenvalue weighted by Crippen LogP contribution is -2.50. The van der Waals surface area contributed by atoms with Gasteiger partial charge < -0.3 is 14.5 Å². The summed E-state index contributed by atoms with van der Waals surface area (Å²) < 4.78 is 20.2. The van der Waals surface area contributed by atoms with E-state index in [1.54, 1.807) is 23.1 Å². The summed E-state index contributed by atoms with van der Waals surface area (Å²) in [6.45, 7) is 7.45. The number of benzene rings is 1. The normalized spacial score (nSPS) is 18.2. The van der Waals surface area contributed by atoms with Crippen LogP contribution in [0.3, 0.4) is 0 Å². The molecule has 0 atom stereocenters. The Labute approximate surface area is 147 Å². The van der Waals surface area contributed by atoms with E-state index in [9.17, 15) is 14.0 Å². The first-order chi connectivity index (χ1) is 11.8. The molecule has 3 rings (SSSR count). The summed E-state index contributed by atoms with van der Waals surface area (Å²) in [4.78, 5) is 27.9. The Bertz CT molecular complexity index is 672. The summed E-state index contributed by atoms with van der Waals surface area (Å²) >= 11 is 0. The fourth-order valence-electron chi connectivity index (χ4n) is 2.98. The molecule has 2 fully saturated rings. The summed E-state index contributed by atoms with van der Waals surface area (Å²) in [5.41, 5.74) is 0.0996. The summed E-state index contributed by atoms with van der Waals surface area (Å²) in [6, 6.07) is 4.99. The van der Waals surface area contributed by atoms with Crippen LogP contribution in [0.4, 0.5) is 14.9 Å². The maximum Gasteiger partial charge on any atom is 0.410 e. The molecule has 1 heterocycles. The van der Waals surface area contributed by atoms with Gasteiger partial charge in [-0.3, -0.25) is 4.79 Å². The quantitative estimate of drug-likeness (QED) is 0.785. The molecule has 136 valence electrons. The van der Waals surface area contributed by atoms with E-state index < -0.39 is 11.4 Å². The zero-order valence-electron chi connectivity index (χ0n) is 15.0. The average Bonchev–Trinajstić information content (AvgIpc) is 3.38. The van der Waals surface area contributed by atoms with Gasteiger partial charge in [0.1, 0.15) is 5.60 Å². The molecular weight excluding hydrogens is 323 g/mol. The first-order valence-corrected chi connectivity index (χ1v) is 8.82. The second kappa shape index (κ2) is 6.65. The summed E-state index contributed by atoms with van der Waals surface area (Å²) in [5.74, 6) is -0.536. The second-order valence-corrected chi connectivity index (χ2v) is 7.73. The average molecular weight is 348 g/mol. The van der Waals surface area contributed by atoms with Gasteiger partial charge in [-0.05, 0) is 45.7 Å². The molecule has 1 aromatic rings. The molecule has 0 radical (unpaired) electrons. The number of rotatable bonds is 3. The van der Waals surface area contributed by atoms with E-state index in [0.29, 0.717) is 31.9 Å². The summed E-state index contributed by atoms with van der Waals surface area (Å²) in [5, 5.41) is 0. The molecule has 2 aliphatic rings. The molecule has 0 aromatic heterocycles. The van der Waals surface area contributed by atoms with Gasteiger partial charge in [-0.25, -0.2) is 9.18 Å². The smallest absolute Gasteiger partial charge is 0.410 e. The highest BCUT2D eigenvalue weighted by atomic mass is 19.1. The van der Waals surface area contributed by atoms with Gasteiger partial charge in [-0.2, -0.15) is 0 Å². The number of hydrogen-bond acceptors (Lipinski definition) is 4. The van der Waals surface area contributed by atoms with Crippen LogP contribution >= 0.6 is 0 Å². The van der Waals surface area contributed by atoms with Gasteiger partial charge in [-0.1, -0.05) is 6.07 Å².